The predicted octanol–water partition coefficient (Wildman–Crippen LogP) is 12.1. The van der Waals surface area contributed by atoms with Gasteiger partial charge in [0, 0.05) is 0 Å². The van der Waals surface area contributed by atoms with Gasteiger partial charge in [0.2, 0.25) is 0 Å². The minimum atomic E-state index is -0.742. The van der Waals surface area contributed by atoms with Crippen LogP contribution in [-0.2, 0) is 4.79 Å². The summed E-state index contributed by atoms with van der Waals surface area (Å²) in [6, 6.07) is 0. The smallest absolute Gasteiger partial charge is 0.256 e. The Balaban J connectivity index is 3.62. The molecule has 0 aromatic heterocycles. The molecule has 0 saturated carbocycles. The van der Waals surface area contributed by atoms with E-state index in [-0.39, 0.29) is 5.92 Å². The van der Waals surface area contributed by atoms with Gasteiger partial charge in [-0.3, -0.25) is 10.1 Å². The second kappa shape index (κ2) is 30.6. The highest BCUT2D eigenvalue weighted by molar-refractivity contribution is 5.70. The van der Waals surface area contributed by atoms with Crippen LogP contribution in [-0.4, -0.2) is 10.8 Å². The van der Waals surface area contributed by atoms with E-state index in [1.807, 2.05) is 0 Å². The Labute approximate surface area is 238 Å². The van der Waals surface area contributed by atoms with Gasteiger partial charge in [-0.1, -0.05) is 194 Å². The Bertz CT molecular complexity index is 508. The van der Waals surface area contributed by atoms with Crippen LogP contribution in [0.2, 0.25) is 0 Å². The highest BCUT2D eigenvalue weighted by atomic mass is 16.6. The first-order valence-electron chi connectivity index (χ1n) is 17.3. The van der Waals surface area contributed by atoms with Crippen molar-refractivity contribution >= 4 is 5.91 Å². The molecule has 0 radical (unpaired) electrons. The van der Waals surface area contributed by atoms with Gasteiger partial charge < -0.3 is 0 Å². The summed E-state index contributed by atoms with van der Waals surface area (Å²) in [7, 11) is 0. The van der Waals surface area contributed by atoms with Crippen LogP contribution in [0.3, 0.4) is 0 Å². The Morgan fingerprint density at radius 3 is 0.868 bits per heavy atom. The van der Waals surface area contributed by atoms with E-state index in [2.05, 4.69) is 13.8 Å². The largest absolute Gasteiger partial charge is 0.447 e. The second-order valence-electron chi connectivity index (χ2n) is 12.1. The monoisotopic (exact) mass is 538 g/mol. The number of nitro groups is 1. The van der Waals surface area contributed by atoms with Gasteiger partial charge in [-0.25, -0.2) is 4.79 Å². The molecule has 38 heavy (non-hydrogen) atoms. The number of hydrogen-bond donors (Lipinski definition) is 0. The number of carbonyl (C=O) groups excluding carboxylic acids is 1. The molecule has 0 spiro atoms. The molecule has 0 saturated heterocycles. The van der Waals surface area contributed by atoms with Crippen LogP contribution < -0.4 is 0 Å². The number of unbranched alkanes of at least 4 members (excludes halogenated alkanes) is 26. The van der Waals surface area contributed by atoms with Crippen LogP contribution in [0.25, 0.3) is 0 Å². The van der Waals surface area contributed by atoms with Gasteiger partial charge in [-0.2, -0.15) is 0 Å². The van der Waals surface area contributed by atoms with Crippen molar-refractivity contribution in [2.75, 3.05) is 0 Å². The molecule has 1 amide bonds. The lowest BCUT2D eigenvalue weighted by molar-refractivity contribution is -0.407. The third kappa shape index (κ3) is 26.7. The summed E-state index contributed by atoms with van der Waals surface area (Å²) in [5, 5.41) is 11.1. The average molecular weight is 538 g/mol. The molecular formula is C34H67NO3. The molecule has 0 aliphatic rings. The van der Waals surface area contributed by atoms with E-state index in [0.29, 0.717) is 12.8 Å². The molecule has 0 aromatic rings. The zero-order valence-electron chi connectivity index (χ0n) is 26.0. The summed E-state index contributed by atoms with van der Waals surface area (Å²) >= 11 is 0. The average Bonchev–Trinajstić information content (AvgIpc) is 2.91. The zero-order valence-corrected chi connectivity index (χ0v) is 26.0. The molecule has 4 heteroatoms. The highest BCUT2D eigenvalue weighted by Gasteiger charge is 2.27. The molecule has 1 unspecified atom stereocenters. The van der Waals surface area contributed by atoms with Crippen molar-refractivity contribution in [3.63, 3.8) is 0 Å². The van der Waals surface area contributed by atoms with Gasteiger partial charge in [-0.15, -0.1) is 0 Å². The lowest BCUT2D eigenvalue weighted by Crippen LogP contribution is -2.22. The SMILES string of the molecule is CCCCCCCCCCCCCCCCCCC(CCCCCCCCCCCCCC)C(=O)[N+](=O)[O-]. The Kier molecular flexibility index (Phi) is 29.9. The molecule has 0 heterocycles. The van der Waals surface area contributed by atoms with Gasteiger partial charge in [0.05, 0.1) is 5.92 Å². The third-order valence-corrected chi connectivity index (χ3v) is 8.34. The summed E-state index contributed by atoms with van der Waals surface area (Å²) in [4.78, 5) is 22.5. The fraction of sp³-hybridized carbons (Fsp3) is 0.971. The van der Waals surface area contributed by atoms with Crippen LogP contribution in [0.15, 0.2) is 0 Å². The molecule has 0 aliphatic heterocycles. The van der Waals surface area contributed by atoms with E-state index >= 15 is 0 Å². The van der Waals surface area contributed by atoms with Crippen molar-refractivity contribution in [2.24, 2.45) is 5.92 Å². The molecule has 0 N–H and O–H groups in total. The molecular weight excluding hydrogens is 470 g/mol. The standard InChI is InChI=1S/C34H67NO3/c1-3-5-7-9-11-13-15-17-18-19-20-22-24-26-28-30-32-33(34(36)35(37)38)31-29-27-25-23-21-16-14-12-10-8-6-4-2/h33H,3-32H2,1-2H3. The molecule has 226 valence electrons. The summed E-state index contributed by atoms with van der Waals surface area (Å²) in [6.07, 6.45) is 38.0. The van der Waals surface area contributed by atoms with E-state index in [4.69, 9.17) is 0 Å². The van der Waals surface area contributed by atoms with Gasteiger partial charge >= 0.3 is 5.91 Å². The maximum absolute atomic E-state index is 12.1. The van der Waals surface area contributed by atoms with E-state index in [1.54, 1.807) is 0 Å². The van der Waals surface area contributed by atoms with Crippen LogP contribution in [0.4, 0.5) is 0 Å². The molecule has 0 aliphatic carbocycles. The summed E-state index contributed by atoms with van der Waals surface area (Å²) in [5.74, 6) is -1.10. The molecule has 0 rings (SSSR count). The minimum absolute atomic E-state index is 0.361. The van der Waals surface area contributed by atoms with Gasteiger partial charge in [0.1, 0.15) is 4.92 Å². The minimum Gasteiger partial charge on any atom is -0.256 e. The number of amides is 1. The van der Waals surface area contributed by atoms with Gasteiger partial charge in [0.25, 0.3) is 0 Å². The fourth-order valence-electron chi connectivity index (χ4n) is 5.71. The third-order valence-electron chi connectivity index (χ3n) is 8.34. The quantitative estimate of drug-likeness (QED) is 0.0502. The summed E-state index contributed by atoms with van der Waals surface area (Å²) in [6.45, 7) is 4.54. The van der Waals surface area contributed by atoms with Gasteiger partial charge in [-0.05, 0) is 12.8 Å². The van der Waals surface area contributed by atoms with Crippen molar-refractivity contribution in [3.8, 4) is 0 Å². The number of nitrogens with zero attached hydrogens (tertiary/aromatic N) is 1. The van der Waals surface area contributed by atoms with Crippen LogP contribution >= 0.6 is 0 Å². The highest BCUT2D eigenvalue weighted by Crippen LogP contribution is 2.21. The molecule has 4 nitrogen and oxygen atoms in total. The Hall–Kier alpha value is -0.930. The van der Waals surface area contributed by atoms with Crippen molar-refractivity contribution < 1.29 is 9.72 Å². The topological polar surface area (TPSA) is 60.2 Å². The Morgan fingerprint density at radius 1 is 0.447 bits per heavy atom. The summed E-state index contributed by atoms with van der Waals surface area (Å²) in [5.41, 5.74) is 0. The normalized spacial score (nSPS) is 12.2. The van der Waals surface area contributed by atoms with Crippen molar-refractivity contribution in [1.82, 2.24) is 0 Å². The number of hydrogen-bond acceptors (Lipinski definition) is 3. The van der Waals surface area contributed by atoms with Crippen LogP contribution in [0, 0.1) is 16.0 Å². The van der Waals surface area contributed by atoms with Gasteiger partial charge in [0.15, 0.2) is 0 Å². The second-order valence-corrected chi connectivity index (χ2v) is 12.1. The van der Waals surface area contributed by atoms with E-state index < -0.39 is 10.8 Å². The lowest BCUT2D eigenvalue weighted by Gasteiger charge is -2.11. The maximum Gasteiger partial charge on any atom is 0.447 e. The molecule has 0 aromatic carbocycles. The fourth-order valence-corrected chi connectivity index (χ4v) is 5.71. The van der Waals surface area contributed by atoms with Crippen molar-refractivity contribution in [2.45, 2.75) is 206 Å². The van der Waals surface area contributed by atoms with Crippen LogP contribution in [0.1, 0.15) is 206 Å². The van der Waals surface area contributed by atoms with Crippen molar-refractivity contribution in [3.05, 3.63) is 10.1 Å². The first-order valence-corrected chi connectivity index (χ1v) is 17.3. The summed E-state index contributed by atoms with van der Waals surface area (Å²) < 4.78 is 0. The zero-order chi connectivity index (χ0) is 27.9. The van der Waals surface area contributed by atoms with E-state index in [9.17, 15) is 14.9 Å². The Morgan fingerprint density at radius 2 is 0.658 bits per heavy atom. The molecule has 0 bridgehead atoms. The first-order chi connectivity index (χ1) is 18.6. The van der Waals surface area contributed by atoms with Crippen molar-refractivity contribution in [1.29, 1.82) is 0 Å². The molecule has 0 fully saturated rings. The maximum atomic E-state index is 12.1. The predicted molar refractivity (Wildman–Crippen MR) is 165 cm³/mol. The lowest BCUT2D eigenvalue weighted by atomic mass is 9.93. The molecule has 1 atom stereocenters. The first kappa shape index (κ1) is 37.1. The van der Waals surface area contributed by atoms with Crippen LogP contribution in [0.5, 0.6) is 0 Å². The number of rotatable bonds is 31. The van der Waals surface area contributed by atoms with E-state index in [1.165, 1.54) is 154 Å². The number of carbonyl (C=O) groups is 1. The van der Waals surface area contributed by atoms with E-state index in [0.717, 1.165) is 25.7 Å².